The molecule has 0 aromatic rings. The van der Waals surface area contributed by atoms with E-state index in [1.807, 2.05) is 27.7 Å². The Morgan fingerprint density at radius 3 is 2.45 bits per heavy atom. The van der Waals surface area contributed by atoms with Crippen LogP contribution in [-0.2, 0) is 42.9 Å². The molecule has 0 radical (unpaired) electrons. The molecule has 38 heavy (non-hydrogen) atoms. The predicted octanol–water partition coefficient (Wildman–Crippen LogP) is 1.90. The number of hydrogen-bond donors (Lipinski definition) is 1. The number of aliphatic hydroxyl groups is 1. The van der Waals surface area contributed by atoms with Gasteiger partial charge in [0, 0.05) is 41.7 Å². The average molecular weight is 529 g/mol. The molecule has 4 heterocycles. The number of ether oxygens (including phenoxy) is 5. The van der Waals surface area contributed by atoms with Crippen LogP contribution in [0.3, 0.4) is 0 Å². The van der Waals surface area contributed by atoms with E-state index in [0.717, 1.165) is 0 Å². The minimum atomic E-state index is -1.37. The van der Waals surface area contributed by atoms with Crippen LogP contribution < -0.4 is 0 Å². The molecule has 0 amide bonds. The Balaban J connectivity index is 1.54. The van der Waals surface area contributed by atoms with Gasteiger partial charge in [-0.15, -0.1) is 0 Å². The lowest BCUT2D eigenvalue weighted by Crippen LogP contribution is -2.66. The molecule has 2 saturated carbocycles. The number of hydrogen-bond acceptors (Lipinski definition) is 10. The molecular formula is C28H32O10. The van der Waals surface area contributed by atoms with Gasteiger partial charge in [0.25, 0.3) is 0 Å². The van der Waals surface area contributed by atoms with E-state index in [9.17, 15) is 24.3 Å². The van der Waals surface area contributed by atoms with Crippen LogP contribution in [0.2, 0.25) is 0 Å². The van der Waals surface area contributed by atoms with Gasteiger partial charge >= 0.3 is 23.9 Å². The van der Waals surface area contributed by atoms with E-state index in [1.54, 1.807) is 6.08 Å². The molecular weight excluding hydrogens is 496 g/mol. The smallest absolute Gasteiger partial charge is 0.336 e. The lowest BCUT2D eigenvalue weighted by atomic mass is 9.49. The maximum atomic E-state index is 13.0. The molecule has 204 valence electrons. The number of cyclic esters (lactones) is 2. The minimum Gasteiger partial charge on any atom is -0.459 e. The summed E-state index contributed by atoms with van der Waals surface area (Å²) in [7, 11) is 0. The van der Waals surface area contributed by atoms with Crippen molar-refractivity contribution in [3.05, 3.63) is 36.0 Å². The van der Waals surface area contributed by atoms with Crippen molar-refractivity contribution in [1.82, 2.24) is 0 Å². The van der Waals surface area contributed by atoms with Crippen LogP contribution in [0.1, 0.15) is 47.5 Å². The summed E-state index contributed by atoms with van der Waals surface area (Å²) in [6.07, 6.45) is 1.29. The highest BCUT2D eigenvalue weighted by atomic mass is 16.6. The zero-order chi connectivity index (χ0) is 27.6. The molecule has 10 nitrogen and oxygen atoms in total. The number of allylic oxidation sites excluding steroid dienone is 1. The highest BCUT2D eigenvalue weighted by Crippen LogP contribution is 2.75. The number of aliphatic hydroxyl groups excluding tert-OH is 1. The summed E-state index contributed by atoms with van der Waals surface area (Å²) in [5.74, 6) is -3.67. The van der Waals surface area contributed by atoms with E-state index in [-0.39, 0.29) is 30.0 Å². The molecule has 6 aliphatic rings. The Hall–Kier alpha value is -2.98. The molecule has 1 spiro atoms. The Kier molecular flexibility index (Phi) is 5.04. The fourth-order valence-corrected chi connectivity index (χ4v) is 8.59. The third-order valence-electron chi connectivity index (χ3n) is 10.1. The highest BCUT2D eigenvalue weighted by Gasteiger charge is 2.85. The van der Waals surface area contributed by atoms with Crippen molar-refractivity contribution < 1.29 is 48.0 Å². The first-order chi connectivity index (χ1) is 17.7. The van der Waals surface area contributed by atoms with Gasteiger partial charge in [-0.25, -0.2) is 9.59 Å². The quantitative estimate of drug-likeness (QED) is 0.250. The summed E-state index contributed by atoms with van der Waals surface area (Å²) in [5.41, 5.74) is -2.85. The normalized spacial score (nSPS) is 48.2. The fourth-order valence-electron chi connectivity index (χ4n) is 8.59. The predicted molar refractivity (Wildman–Crippen MR) is 128 cm³/mol. The van der Waals surface area contributed by atoms with Gasteiger partial charge in [0.15, 0.2) is 0 Å². The van der Waals surface area contributed by atoms with Crippen molar-refractivity contribution in [3.8, 4) is 0 Å². The van der Waals surface area contributed by atoms with E-state index in [0.29, 0.717) is 12.0 Å². The maximum absolute atomic E-state index is 13.0. The summed E-state index contributed by atoms with van der Waals surface area (Å²) in [6, 6.07) is 0. The molecule has 2 saturated heterocycles. The van der Waals surface area contributed by atoms with Gasteiger partial charge < -0.3 is 28.8 Å². The minimum absolute atomic E-state index is 0.130. The zero-order valence-electron chi connectivity index (χ0n) is 22.0. The second-order valence-corrected chi connectivity index (χ2v) is 12.3. The van der Waals surface area contributed by atoms with Crippen molar-refractivity contribution in [2.75, 3.05) is 0 Å². The summed E-state index contributed by atoms with van der Waals surface area (Å²) >= 11 is 0. The van der Waals surface area contributed by atoms with E-state index in [1.165, 1.54) is 19.1 Å². The second kappa shape index (κ2) is 7.57. The van der Waals surface area contributed by atoms with Crippen molar-refractivity contribution in [1.29, 1.82) is 0 Å². The largest absolute Gasteiger partial charge is 0.459 e. The van der Waals surface area contributed by atoms with Crippen LogP contribution in [0.5, 0.6) is 0 Å². The van der Waals surface area contributed by atoms with Gasteiger partial charge in [-0.05, 0) is 31.9 Å². The highest BCUT2D eigenvalue weighted by molar-refractivity contribution is 5.92. The van der Waals surface area contributed by atoms with Gasteiger partial charge in [-0.3, -0.25) is 9.59 Å². The van der Waals surface area contributed by atoms with Crippen LogP contribution in [0.15, 0.2) is 36.0 Å². The number of epoxide rings is 1. The van der Waals surface area contributed by atoms with Crippen molar-refractivity contribution in [2.24, 2.45) is 28.6 Å². The first-order valence-electron chi connectivity index (χ1n) is 12.9. The number of fused-ring (bicyclic) bond motifs is 1. The van der Waals surface area contributed by atoms with E-state index >= 15 is 0 Å². The molecule has 0 aromatic carbocycles. The van der Waals surface area contributed by atoms with E-state index in [2.05, 4.69) is 6.58 Å². The van der Waals surface area contributed by atoms with Crippen LogP contribution in [0.25, 0.3) is 0 Å². The summed E-state index contributed by atoms with van der Waals surface area (Å²) in [6.45, 7) is 13.3. The molecule has 0 aromatic heterocycles. The fraction of sp³-hybridized carbons (Fsp3) is 0.643. The van der Waals surface area contributed by atoms with Gasteiger partial charge in [0.05, 0.1) is 17.9 Å². The third kappa shape index (κ3) is 3.01. The van der Waals surface area contributed by atoms with E-state index < -0.39 is 70.3 Å². The first kappa shape index (κ1) is 25.3. The van der Waals surface area contributed by atoms with Crippen LogP contribution in [0.4, 0.5) is 0 Å². The molecule has 6 rings (SSSR count). The van der Waals surface area contributed by atoms with Gasteiger partial charge in [0.1, 0.15) is 23.4 Å². The monoisotopic (exact) mass is 528 g/mol. The molecule has 1 unspecified atom stereocenters. The van der Waals surface area contributed by atoms with Gasteiger partial charge in [-0.2, -0.15) is 0 Å². The topological polar surface area (TPSA) is 138 Å². The summed E-state index contributed by atoms with van der Waals surface area (Å²) in [4.78, 5) is 50.7. The Morgan fingerprint density at radius 1 is 1.16 bits per heavy atom. The molecule has 10 atom stereocenters. The number of carbonyl (C=O) groups excluding carboxylic acids is 4. The van der Waals surface area contributed by atoms with Crippen molar-refractivity contribution in [3.63, 3.8) is 0 Å². The molecule has 2 aliphatic carbocycles. The van der Waals surface area contributed by atoms with Gasteiger partial charge in [0.2, 0.25) is 6.29 Å². The molecule has 1 N–H and O–H groups in total. The summed E-state index contributed by atoms with van der Waals surface area (Å²) < 4.78 is 29.1. The van der Waals surface area contributed by atoms with Gasteiger partial charge in [-0.1, -0.05) is 26.5 Å². The summed E-state index contributed by atoms with van der Waals surface area (Å²) in [5, 5.41) is 10.00. The number of carbonyl (C=O) groups is 4. The molecule has 4 fully saturated rings. The van der Waals surface area contributed by atoms with Crippen LogP contribution >= 0.6 is 0 Å². The van der Waals surface area contributed by atoms with Crippen LogP contribution in [0, 0.1) is 28.6 Å². The maximum Gasteiger partial charge on any atom is 0.336 e. The van der Waals surface area contributed by atoms with Crippen molar-refractivity contribution >= 4 is 23.9 Å². The first-order valence-corrected chi connectivity index (χ1v) is 12.9. The average Bonchev–Trinajstić information content (AvgIpc) is 3.27. The van der Waals surface area contributed by atoms with Crippen molar-refractivity contribution in [2.45, 2.75) is 83.3 Å². The Labute approximate surface area is 219 Å². The lowest BCUT2D eigenvalue weighted by molar-refractivity contribution is -0.205. The Bertz CT molecular complexity index is 1250. The zero-order valence-corrected chi connectivity index (χ0v) is 22.0. The van der Waals surface area contributed by atoms with E-state index in [4.69, 9.17) is 23.7 Å². The molecule has 0 bridgehead atoms. The standard InChI is InChI=1S/C28H32O10/c1-12-21-22(35-18(30)7-8-26(21,5)16-11-20(32)38-25(16,3)4)23(34-13(2)29)27(6)15(10-17-28(12,27)37-17)14-9-19(31)36-24(14)33/h7-9,15-17,19,21-23,31H,1,10-11H2,2-6H3/t15-,16-,17+,19?,21+,22+,23-,26-,27+,28+/m0/s1. The lowest BCUT2D eigenvalue weighted by Gasteiger charge is -2.57. The number of rotatable bonds is 3. The molecule has 10 heteroatoms. The SMILES string of the molecule is C=C1[C@@H]2[C@@H](OC(=O)C=C[C@@]2(C)[C@H]2CC(=O)OC2(C)C)[C@H](OC(C)=O)[C@@]2(C)[C@H](C3=CC(O)OC3=O)C[C@H]3O[C@]132. The van der Waals surface area contributed by atoms with Crippen LogP contribution in [-0.4, -0.2) is 64.8 Å². The Morgan fingerprint density at radius 2 is 1.87 bits per heavy atom. The number of esters is 4. The second-order valence-electron chi connectivity index (χ2n) is 12.3. The molecule has 4 aliphatic heterocycles. The third-order valence-corrected chi connectivity index (χ3v) is 10.1.